The van der Waals surface area contributed by atoms with Crippen LogP contribution in [0.5, 0.6) is 17.2 Å². The van der Waals surface area contributed by atoms with Crippen LogP contribution in [0.25, 0.3) is 0 Å². The number of nitrogens with one attached hydrogen (secondary N) is 1. The van der Waals surface area contributed by atoms with E-state index in [9.17, 15) is 9.59 Å². The number of nitrogens with zero attached hydrogens (tertiary/aromatic N) is 1. The molecule has 0 saturated heterocycles. The van der Waals surface area contributed by atoms with E-state index < -0.39 is 0 Å². The van der Waals surface area contributed by atoms with Crippen molar-refractivity contribution in [3.63, 3.8) is 0 Å². The van der Waals surface area contributed by atoms with Gasteiger partial charge in [-0.3, -0.25) is 9.59 Å². The highest BCUT2D eigenvalue weighted by Crippen LogP contribution is 2.28. The highest BCUT2D eigenvalue weighted by Gasteiger charge is 2.09. The standard InChI is InChI=1S/C21H28N2O5/c1-4-26-17-10-9-16(14-19(17)28-6-3)11-12-22-20(24)15-23-13-7-8-18(21(23)25)27-5-2/h7-10,13-14H,4-6,11-12,15H2,1-3H3,(H,22,24). The molecule has 7 nitrogen and oxygen atoms in total. The molecule has 152 valence electrons. The fraction of sp³-hybridized carbons (Fsp3) is 0.429. The van der Waals surface area contributed by atoms with Gasteiger partial charge in [-0.25, -0.2) is 0 Å². The average molecular weight is 388 g/mol. The summed E-state index contributed by atoms with van der Waals surface area (Å²) in [5.41, 5.74) is 0.718. The molecule has 2 rings (SSSR count). The minimum absolute atomic E-state index is 0.0484. The molecule has 0 aliphatic heterocycles. The predicted octanol–water partition coefficient (Wildman–Crippen LogP) is 2.40. The zero-order valence-electron chi connectivity index (χ0n) is 16.7. The van der Waals surface area contributed by atoms with Crippen LogP contribution in [-0.2, 0) is 17.8 Å². The van der Waals surface area contributed by atoms with Gasteiger partial charge in [-0.2, -0.15) is 0 Å². The average Bonchev–Trinajstić information content (AvgIpc) is 2.67. The molecule has 2 aromatic rings. The molecule has 0 spiro atoms. The van der Waals surface area contributed by atoms with Crippen molar-refractivity contribution < 1.29 is 19.0 Å². The smallest absolute Gasteiger partial charge is 0.293 e. The number of aromatic nitrogens is 1. The van der Waals surface area contributed by atoms with Gasteiger partial charge < -0.3 is 24.1 Å². The summed E-state index contributed by atoms with van der Waals surface area (Å²) in [6.45, 7) is 7.58. The number of rotatable bonds is 11. The Morgan fingerprint density at radius 3 is 2.36 bits per heavy atom. The third kappa shape index (κ3) is 6.04. The van der Waals surface area contributed by atoms with E-state index in [4.69, 9.17) is 14.2 Å². The lowest BCUT2D eigenvalue weighted by atomic mass is 10.1. The van der Waals surface area contributed by atoms with Crippen molar-refractivity contribution in [1.82, 2.24) is 9.88 Å². The monoisotopic (exact) mass is 388 g/mol. The van der Waals surface area contributed by atoms with Crippen LogP contribution in [-0.4, -0.2) is 36.8 Å². The van der Waals surface area contributed by atoms with Gasteiger partial charge in [0.05, 0.1) is 19.8 Å². The second-order valence-electron chi connectivity index (χ2n) is 5.99. The number of ether oxygens (including phenoxy) is 3. The highest BCUT2D eigenvalue weighted by molar-refractivity contribution is 5.75. The van der Waals surface area contributed by atoms with Crippen LogP contribution in [0.4, 0.5) is 0 Å². The Hall–Kier alpha value is -2.96. The summed E-state index contributed by atoms with van der Waals surface area (Å²) < 4.78 is 17.8. The van der Waals surface area contributed by atoms with E-state index in [0.717, 1.165) is 5.56 Å². The predicted molar refractivity (Wildman–Crippen MR) is 107 cm³/mol. The van der Waals surface area contributed by atoms with Crippen molar-refractivity contribution in [3.05, 3.63) is 52.4 Å². The quantitative estimate of drug-likeness (QED) is 0.640. The van der Waals surface area contributed by atoms with Crippen molar-refractivity contribution in [1.29, 1.82) is 0 Å². The molecule has 28 heavy (non-hydrogen) atoms. The largest absolute Gasteiger partial charge is 0.490 e. The molecule has 0 atom stereocenters. The molecule has 0 radical (unpaired) electrons. The van der Waals surface area contributed by atoms with E-state index in [2.05, 4.69) is 5.32 Å². The zero-order valence-corrected chi connectivity index (χ0v) is 16.7. The molecular formula is C21H28N2O5. The van der Waals surface area contributed by atoms with E-state index in [1.807, 2.05) is 32.0 Å². The Kier molecular flexibility index (Phi) is 8.39. The summed E-state index contributed by atoms with van der Waals surface area (Å²) in [7, 11) is 0. The summed E-state index contributed by atoms with van der Waals surface area (Å²) in [4.78, 5) is 24.4. The second kappa shape index (κ2) is 11.0. The van der Waals surface area contributed by atoms with Crippen molar-refractivity contribution in [2.45, 2.75) is 33.7 Å². The van der Waals surface area contributed by atoms with Crippen LogP contribution < -0.4 is 25.1 Å². The number of hydrogen-bond acceptors (Lipinski definition) is 5. The van der Waals surface area contributed by atoms with Gasteiger partial charge in [0.15, 0.2) is 17.2 Å². The molecule has 1 aromatic heterocycles. The number of amides is 1. The van der Waals surface area contributed by atoms with Gasteiger partial charge in [0.1, 0.15) is 6.54 Å². The molecule has 1 N–H and O–H groups in total. The Morgan fingerprint density at radius 1 is 0.964 bits per heavy atom. The molecule has 0 bridgehead atoms. The van der Waals surface area contributed by atoms with Gasteiger partial charge in [0.25, 0.3) is 5.56 Å². The third-order valence-electron chi connectivity index (χ3n) is 3.94. The van der Waals surface area contributed by atoms with Crippen molar-refractivity contribution in [3.8, 4) is 17.2 Å². The first-order valence-electron chi connectivity index (χ1n) is 9.56. The molecular weight excluding hydrogens is 360 g/mol. The first-order valence-corrected chi connectivity index (χ1v) is 9.56. The number of pyridine rings is 1. The fourth-order valence-corrected chi connectivity index (χ4v) is 2.71. The lowest BCUT2D eigenvalue weighted by Crippen LogP contribution is -2.33. The second-order valence-corrected chi connectivity index (χ2v) is 5.99. The number of carbonyl (C=O) groups is 1. The summed E-state index contributed by atoms with van der Waals surface area (Å²) >= 11 is 0. The Morgan fingerprint density at radius 2 is 1.64 bits per heavy atom. The Balaban J connectivity index is 1.91. The minimum atomic E-state index is -0.313. The van der Waals surface area contributed by atoms with Crippen LogP contribution in [0.2, 0.25) is 0 Å². The molecule has 1 aromatic carbocycles. The number of hydrogen-bond donors (Lipinski definition) is 1. The van der Waals surface area contributed by atoms with Gasteiger partial charge in [-0.15, -0.1) is 0 Å². The molecule has 0 unspecified atom stereocenters. The van der Waals surface area contributed by atoms with E-state index in [0.29, 0.717) is 44.3 Å². The Bertz CT molecular complexity index is 832. The summed E-state index contributed by atoms with van der Waals surface area (Å²) in [5, 5.41) is 2.84. The summed E-state index contributed by atoms with van der Waals surface area (Å²) in [6.07, 6.45) is 2.22. The SMILES string of the molecule is CCOc1ccc(CCNC(=O)Cn2cccc(OCC)c2=O)cc1OCC. The normalized spacial score (nSPS) is 10.4. The van der Waals surface area contributed by atoms with E-state index in [1.165, 1.54) is 4.57 Å². The van der Waals surface area contributed by atoms with Gasteiger partial charge in [0.2, 0.25) is 5.91 Å². The maximum atomic E-state index is 12.2. The van der Waals surface area contributed by atoms with E-state index in [1.54, 1.807) is 25.3 Å². The highest BCUT2D eigenvalue weighted by atomic mass is 16.5. The molecule has 0 aliphatic carbocycles. The summed E-state index contributed by atoms with van der Waals surface area (Å²) in [5.74, 6) is 1.43. The maximum Gasteiger partial charge on any atom is 0.293 e. The third-order valence-corrected chi connectivity index (χ3v) is 3.94. The minimum Gasteiger partial charge on any atom is -0.490 e. The van der Waals surface area contributed by atoms with Crippen LogP contribution in [0, 0.1) is 0 Å². The first kappa shape index (κ1) is 21.3. The van der Waals surface area contributed by atoms with Crippen LogP contribution in [0.3, 0.4) is 0 Å². The van der Waals surface area contributed by atoms with Gasteiger partial charge in [-0.1, -0.05) is 6.07 Å². The molecule has 0 aliphatic rings. The van der Waals surface area contributed by atoms with Gasteiger partial charge in [0, 0.05) is 12.7 Å². The van der Waals surface area contributed by atoms with Crippen molar-refractivity contribution >= 4 is 5.91 Å². The van der Waals surface area contributed by atoms with E-state index in [-0.39, 0.29) is 23.8 Å². The summed E-state index contributed by atoms with van der Waals surface area (Å²) in [6, 6.07) is 9.05. The maximum absolute atomic E-state index is 12.2. The van der Waals surface area contributed by atoms with Crippen LogP contribution in [0.1, 0.15) is 26.3 Å². The molecule has 0 saturated carbocycles. The number of carbonyl (C=O) groups excluding carboxylic acids is 1. The fourth-order valence-electron chi connectivity index (χ4n) is 2.71. The van der Waals surface area contributed by atoms with Gasteiger partial charge in [-0.05, 0) is 57.0 Å². The van der Waals surface area contributed by atoms with Gasteiger partial charge >= 0.3 is 0 Å². The van der Waals surface area contributed by atoms with Crippen molar-refractivity contribution in [2.24, 2.45) is 0 Å². The molecule has 7 heteroatoms. The topological polar surface area (TPSA) is 78.8 Å². The lowest BCUT2D eigenvalue weighted by Gasteiger charge is -2.13. The first-order chi connectivity index (χ1) is 13.6. The Labute approximate surface area is 165 Å². The number of benzene rings is 1. The van der Waals surface area contributed by atoms with Crippen LogP contribution in [0.15, 0.2) is 41.3 Å². The molecule has 1 heterocycles. The molecule has 1 amide bonds. The lowest BCUT2D eigenvalue weighted by molar-refractivity contribution is -0.121. The zero-order chi connectivity index (χ0) is 20.4. The van der Waals surface area contributed by atoms with Crippen LogP contribution >= 0.6 is 0 Å². The molecule has 0 fully saturated rings. The van der Waals surface area contributed by atoms with E-state index >= 15 is 0 Å². The van der Waals surface area contributed by atoms with Crippen molar-refractivity contribution in [2.75, 3.05) is 26.4 Å².